The van der Waals surface area contributed by atoms with Gasteiger partial charge in [0.2, 0.25) is 5.91 Å². The zero-order valence-corrected chi connectivity index (χ0v) is 18.4. The van der Waals surface area contributed by atoms with Crippen LogP contribution in [0.2, 0.25) is 0 Å². The molecule has 164 valence electrons. The maximum Gasteiger partial charge on any atom is 0.219 e. The molecule has 0 spiro atoms. The molecule has 0 aromatic heterocycles. The van der Waals surface area contributed by atoms with Gasteiger partial charge < -0.3 is 20.1 Å². The van der Waals surface area contributed by atoms with Crippen molar-refractivity contribution in [3.8, 4) is 29.7 Å². The average Bonchev–Trinajstić information content (AvgIpc) is 2.81. The molecular weight excluding hydrogens is 406 g/mol. The fourth-order valence-corrected chi connectivity index (χ4v) is 4.52. The molecule has 1 aliphatic carbocycles. The minimum atomic E-state index is -1.77. The van der Waals surface area contributed by atoms with Crippen molar-refractivity contribution >= 4 is 5.91 Å². The molecule has 0 saturated heterocycles. The highest BCUT2D eigenvalue weighted by Gasteiger charge is 2.54. The minimum absolute atomic E-state index is 0.0564. The topological polar surface area (TPSA) is 136 Å². The van der Waals surface area contributed by atoms with Gasteiger partial charge in [0.1, 0.15) is 6.07 Å². The van der Waals surface area contributed by atoms with Crippen molar-refractivity contribution in [2.45, 2.75) is 26.2 Å². The van der Waals surface area contributed by atoms with Crippen LogP contribution in [0.1, 0.15) is 31.7 Å². The zero-order valence-electron chi connectivity index (χ0n) is 18.4. The van der Waals surface area contributed by atoms with Gasteiger partial charge in [0.05, 0.1) is 37.1 Å². The van der Waals surface area contributed by atoms with Gasteiger partial charge in [0, 0.05) is 31.8 Å². The number of ether oxygens (including phenoxy) is 2. The number of carbonyl (C=O) groups is 1. The Morgan fingerprint density at radius 1 is 1.28 bits per heavy atom. The third-order valence-electron chi connectivity index (χ3n) is 6.12. The van der Waals surface area contributed by atoms with Gasteiger partial charge >= 0.3 is 0 Å². The molecule has 3 rings (SSSR count). The fraction of sp³-hybridized carbons (Fsp3) is 0.417. The lowest BCUT2D eigenvalue weighted by Gasteiger charge is -2.45. The van der Waals surface area contributed by atoms with E-state index in [1.807, 2.05) is 6.92 Å². The molecule has 8 heteroatoms. The van der Waals surface area contributed by atoms with Crippen molar-refractivity contribution < 1.29 is 14.3 Å². The number of fused-ring (bicyclic) bond motifs is 1. The Morgan fingerprint density at radius 2 is 2.00 bits per heavy atom. The normalized spacial score (nSPS) is 21.4. The summed E-state index contributed by atoms with van der Waals surface area (Å²) in [5.41, 5.74) is 5.95. The van der Waals surface area contributed by atoms with Crippen molar-refractivity contribution in [3.05, 3.63) is 46.7 Å². The Hall–Kier alpha value is -3.96. The molecule has 1 aliphatic heterocycles. The third kappa shape index (κ3) is 3.53. The van der Waals surface area contributed by atoms with Crippen molar-refractivity contribution in [2.24, 2.45) is 17.1 Å². The number of hydrogen-bond acceptors (Lipinski definition) is 7. The van der Waals surface area contributed by atoms with Crippen LogP contribution in [-0.4, -0.2) is 37.6 Å². The number of rotatable bonds is 5. The van der Waals surface area contributed by atoms with Crippen LogP contribution in [0.15, 0.2) is 41.1 Å². The summed E-state index contributed by atoms with van der Waals surface area (Å²) in [7, 11) is 1.52. The standard InChI is InChI=1S/C24H25N5O3/c1-4-9-32-20-6-5-16(10-21(20)31-3)22-19-12-29(15(2)30)8-7-17(19)18(11-25)23(28)24(22,13-26)14-27/h5-7,10,19,22H,4,8-9,12,28H2,1-3H3/t19-,22+/m0/s1. The maximum atomic E-state index is 12.1. The van der Waals surface area contributed by atoms with Crippen LogP contribution in [0.5, 0.6) is 11.5 Å². The number of methoxy groups -OCH3 is 1. The number of benzene rings is 1. The van der Waals surface area contributed by atoms with Gasteiger partial charge in [-0.1, -0.05) is 19.1 Å². The first-order chi connectivity index (χ1) is 15.4. The molecule has 0 radical (unpaired) electrons. The molecular formula is C24H25N5O3. The first-order valence-corrected chi connectivity index (χ1v) is 10.4. The van der Waals surface area contributed by atoms with Crippen LogP contribution < -0.4 is 15.2 Å². The van der Waals surface area contributed by atoms with E-state index in [2.05, 4.69) is 18.2 Å². The number of carbonyl (C=O) groups excluding carboxylic acids is 1. The first kappa shape index (κ1) is 22.7. The molecule has 2 aliphatic rings. The Labute approximate surface area is 187 Å². The van der Waals surface area contributed by atoms with E-state index in [4.69, 9.17) is 15.2 Å². The molecule has 2 atom stereocenters. The predicted octanol–water partition coefficient (Wildman–Crippen LogP) is 2.76. The van der Waals surface area contributed by atoms with Crippen molar-refractivity contribution in [3.63, 3.8) is 0 Å². The second-order valence-electron chi connectivity index (χ2n) is 7.86. The summed E-state index contributed by atoms with van der Waals surface area (Å²) in [6.45, 7) is 4.59. The highest BCUT2D eigenvalue weighted by molar-refractivity contribution is 5.74. The number of nitriles is 3. The number of amides is 1. The molecule has 1 aromatic carbocycles. The smallest absolute Gasteiger partial charge is 0.219 e. The van der Waals surface area contributed by atoms with E-state index in [0.717, 1.165) is 6.42 Å². The molecule has 0 saturated carbocycles. The van der Waals surface area contributed by atoms with Gasteiger partial charge in [0.15, 0.2) is 16.9 Å². The summed E-state index contributed by atoms with van der Waals surface area (Å²) >= 11 is 0. The van der Waals surface area contributed by atoms with Crippen molar-refractivity contribution in [1.29, 1.82) is 15.8 Å². The Kier molecular flexibility index (Phi) is 6.42. The molecule has 0 bridgehead atoms. The van der Waals surface area contributed by atoms with Gasteiger partial charge in [-0.25, -0.2) is 0 Å². The Morgan fingerprint density at radius 3 is 2.56 bits per heavy atom. The largest absolute Gasteiger partial charge is 0.493 e. The molecule has 1 aromatic rings. The van der Waals surface area contributed by atoms with E-state index >= 15 is 0 Å². The van der Waals surface area contributed by atoms with E-state index in [1.54, 1.807) is 29.2 Å². The molecule has 1 amide bonds. The lowest BCUT2D eigenvalue weighted by atomic mass is 9.58. The van der Waals surface area contributed by atoms with Crippen molar-refractivity contribution in [2.75, 3.05) is 26.8 Å². The van der Waals surface area contributed by atoms with Crippen LogP contribution in [0.4, 0.5) is 0 Å². The predicted molar refractivity (Wildman–Crippen MR) is 116 cm³/mol. The van der Waals surface area contributed by atoms with Gasteiger partial charge in [0.25, 0.3) is 0 Å². The van der Waals surface area contributed by atoms with Crippen LogP contribution in [0.25, 0.3) is 0 Å². The third-order valence-corrected chi connectivity index (χ3v) is 6.12. The summed E-state index contributed by atoms with van der Waals surface area (Å²) < 4.78 is 11.2. The van der Waals surface area contributed by atoms with Crippen LogP contribution >= 0.6 is 0 Å². The van der Waals surface area contributed by atoms with Gasteiger partial charge in [-0.05, 0) is 29.7 Å². The Bertz CT molecular complexity index is 1100. The van der Waals surface area contributed by atoms with Crippen LogP contribution in [-0.2, 0) is 4.79 Å². The highest BCUT2D eigenvalue weighted by atomic mass is 16.5. The van der Waals surface area contributed by atoms with Crippen LogP contribution in [0.3, 0.4) is 0 Å². The van der Waals surface area contributed by atoms with Gasteiger partial charge in [-0.2, -0.15) is 15.8 Å². The number of nitrogens with zero attached hydrogens (tertiary/aromatic N) is 4. The second kappa shape index (κ2) is 9.04. The van der Waals surface area contributed by atoms with Gasteiger partial charge in [-0.3, -0.25) is 4.79 Å². The van der Waals surface area contributed by atoms with E-state index < -0.39 is 17.3 Å². The Balaban J connectivity index is 2.25. The summed E-state index contributed by atoms with van der Waals surface area (Å²) in [5, 5.41) is 30.1. The summed E-state index contributed by atoms with van der Waals surface area (Å²) in [6, 6.07) is 11.6. The van der Waals surface area contributed by atoms with Crippen molar-refractivity contribution in [1.82, 2.24) is 4.90 Å². The molecule has 1 heterocycles. The molecule has 0 fully saturated rings. The maximum absolute atomic E-state index is 12.1. The summed E-state index contributed by atoms with van der Waals surface area (Å²) in [6.07, 6.45) is 2.62. The SMILES string of the molecule is CCCOc1ccc([C@@H]2[C@H]3CN(C(C)=O)CC=C3C(C#N)=C(N)C2(C#N)C#N)cc1OC. The molecule has 0 unspecified atom stereocenters. The zero-order chi connectivity index (χ0) is 23.5. The van der Waals surface area contributed by atoms with E-state index in [-0.39, 0.29) is 23.7 Å². The van der Waals surface area contributed by atoms with E-state index in [0.29, 0.717) is 35.8 Å². The van der Waals surface area contributed by atoms with E-state index in [9.17, 15) is 20.6 Å². The summed E-state index contributed by atoms with van der Waals surface area (Å²) in [4.78, 5) is 13.7. The van der Waals surface area contributed by atoms with E-state index in [1.165, 1.54) is 14.0 Å². The average molecular weight is 431 g/mol. The lowest BCUT2D eigenvalue weighted by molar-refractivity contribution is -0.129. The molecule has 8 nitrogen and oxygen atoms in total. The molecule has 2 N–H and O–H groups in total. The number of nitrogens with two attached hydrogens (primary N) is 1. The minimum Gasteiger partial charge on any atom is -0.493 e. The van der Waals surface area contributed by atoms with Crippen LogP contribution in [0, 0.1) is 45.3 Å². The quantitative estimate of drug-likeness (QED) is 0.757. The second-order valence-corrected chi connectivity index (χ2v) is 7.86. The monoisotopic (exact) mass is 431 g/mol. The number of hydrogen-bond donors (Lipinski definition) is 1. The first-order valence-electron chi connectivity index (χ1n) is 10.4. The number of allylic oxidation sites excluding steroid dienone is 2. The molecule has 32 heavy (non-hydrogen) atoms. The summed E-state index contributed by atoms with van der Waals surface area (Å²) in [5.74, 6) is -0.266. The fourth-order valence-electron chi connectivity index (χ4n) is 4.52. The highest BCUT2D eigenvalue weighted by Crippen LogP contribution is 2.54. The lowest BCUT2D eigenvalue weighted by Crippen LogP contribution is -2.48. The van der Waals surface area contributed by atoms with Gasteiger partial charge in [-0.15, -0.1) is 0 Å².